The number of hydrogen-bond acceptors (Lipinski definition) is 3. The van der Waals surface area contributed by atoms with Crippen LogP contribution in [0.15, 0.2) is 72.8 Å². The van der Waals surface area contributed by atoms with Gasteiger partial charge in [-0.05, 0) is 60.7 Å². The molecule has 3 aromatic rings. The van der Waals surface area contributed by atoms with Crippen LogP contribution in [0.2, 0.25) is 5.02 Å². The first-order chi connectivity index (χ1) is 15.8. The molecule has 168 valence electrons. The van der Waals surface area contributed by atoms with E-state index in [9.17, 15) is 14.0 Å². The molecule has 1 aliphatic heterocycles. The van der Waals surface area contributed by atoms with E-state index in [0.29, 0.717) is 5.02 Å². The monoisotopic (exact) mass is 465 g/mol. The molecule has 2 amide bonds. The lowest BCUT2D eigenvalue weighted by atomic mass is 9.99. The summed E-state index contributed by atoms with van der Waals surface area (Å²) in [4.78, 5) is 27.7. The summed E-state index contributed by atoms with van der Waals surface area (Å²) >= 11 is 6.06. The number of anilines is 1. The lowest BCUT2D eigenvalue weighted by Gasteiger charge is -2.15. The highest BCUT2D eigenvalue weighted by atomic mass is 35.5. The van der Waals surface area contributed by atoms with Crippen LogP contribution in [0.25, 0.3) is 0 Å². The van der Waals surface area contributed by atoms with Gasteiger partial charge < -0.3 is 10.2 Å². The maximum atomic E-state index is 13.2. The van der Waals surface area contributed by atoms with E-state index < -0.39 is 23.8 Å². The summed E-state index contributed by atoms with van der Waals surface area (Å²) in [5.74, 6) is -1.26. The molecule has 0 radical (unpaired) electrons. The molecule has 2 atom stereocenters. The molecule has 0 bridgehead atoms. The number of nitrogens with one attached hydrogen (secondary N) is 2. The van der Waals surface area contributed by atoms with Crippen LogP contribution in [0.4, 0.5) is 10.1 Å². The van der Waals surface area contributed by atoms with E-state index in [1.54, 1.807) is 16.8 Å². The summed E-state index contributed by atoms with van der Waals surface area (Å²) < 4.78 is 14.9. The number of carbonyl (C=O) groups excluding carboxylic acids is 2. The number of nitrogens with zero attached hydrogens (tertiary/aromatic N) is 2. The van der Waals surface area contributed by atoms with Crippen molar-refractivity contribution in [3.63, 3.8) is 0 Å². The highest BCUT2D eigenvalue weighted by Gasteiger charge is 2.47. The smallest absolute Gasteiger partial charge is 0.304 e. The molecule has 1 fully saturated rings. The molecule has 8 heteroatoms. The third-order valence-corrected chi connectivity index (χ3v) is 5.69. The zero-order valence-electron chi connectivity index (χ0n) is 18.1. The fourth-order valence-electron chi connectivity index (χ4n) is 3.69. The topological polar surface area (TPSA) is 64.5 Å². The highest BCUT2D eigenvalue weighted by molar-refractivity contribution is 6.30. The Labute approximate surface area is 196 Å². The lowest BCUT2D eigenvalue weighted by molar-refractivity contribution is -0.596. The standard InChI is InChI=1S/C25H22ClFN4O2/c1-30(2)21-13-3-16(4-14-21)15-31-23(17-5-9-19(26)10-6-17)22(25(33)29-31)28-24(32)18-7-11-20(27)12-8-18/h3-15,22-23H,1-2H3,(H-,28,29,32,33)/p+1/t22-,23+/m1/s1. The quantitative estimate of drug-likeness (QED) is 0.566. The zero-order valence-corrected chi connectivity index (χ0v) is 18.9. The van der Waals surface area contributed by atoms with Gasteiger partial charge >= 0.3 is 5.91 Å². The van der Waals surface area contributed by atoms with Gasteiger partial charge in [-0.2, -0.15) is 0 Å². The molecule has 3 aromatic carbocycles. The number of hydrazone groups is 1. The molecule has 0 aromatic heterocycles. The van der Waals surface area contributed by atoms with Crippen molar-refractivity contribution in [2.45, 2.75) is 12.1 Å². The van der Waals surface area contributed by atoms with Crippen molar-refractivity contribution in [3.05, 3.63) is 100 Å². The average molecular weight is 466 g/mol. The van der Waals surface area contributed by atoms with Gasteiger partial charge in [-0.3, -0.25) is 9.59 Å². The van der Waals surface area contributed by atoms with Crippen LogP contribution in [0, 0.1) is 5.82 Å². The number of halogens is 2. The van der Waals surface area contributed by atoms with Crippen molar-refractivity contribution in [1.29, 1.82) is 0 Å². The Balaban J connectivity index is 1.68. The molecule has 0 aliphatic carbocycles. The predicted molar refractivity (Wildman–Crippen MR) is 126 cm³/mol. The van der Waals surface area contributed by atoms with Gasteiger partial charge in [-0.25, -0.2) is 4.39 Å². The molecule has 33 heavy (non-hydrogen) atoms. The van der Waals surface area contributed by atoms with Crippen LogP contribution >= 0.6 is 11.6 Å². The van der Waals surface area contributed by atoms with E-state index in [2.05, 4.69) is 10.7 Å². The van der Waals surface area contributed by atoms with Crippen LogP contribution < -0.4 is 15.6 Å². The SMILES string of the molecule is CN(C)c1ccc(/C=[N+]2\NC(=O)[C@H](NC(=O)c3ccc(F)cc3)[C@@H]2c2ccc(Cl)cc2)cc1. The van der Waals surface area contributed by atoms with Crippen molar-refractivity contribution in [2.75, 3.05) is 19.0 Å². The highest BCUT2D eigenvalue weighted by Crippen LogP contribution is 2.27. The van der Waals surface area contributed by atoms with E-state index in [1.807, 2.05) is 61.6 Å². The van der Waals surface area contributed by atoms with E-state index in [-0.39, 0.29) is 11.5 Å². The van der Waals surface area contributed by atoms with Crippen molar-refractivity contribution < 1.29 is 18.7 Å². The normalized spacial score (nSPS) is 18.8. The number of hydrazine groups is 1. The zero-order chi connectivity index (χ0) is 23.5. The second-order valence-corrected chi connectivity index (χ2v) is 8.39. The Hall–Kier alpha value is -3.71. The van der Waals surface area contributed by atoms with Gasteiger partial charge in [-0.15, -0.1) is 10.1 Å². The molecular weight excluding hydrogens is 443 g/mol. The van der Waals surface area contributed by atoms with Gasteiger partial charge in [0.05, 0.1) is 0 Å². The first-order valence-corrected chi connectivity index (χ1v) is 10.7. The molecule has 1 heterocycles. The Morgan fingerprint density at radius 2 is 1.67 bits per heavy atom. The minimum absolute atomic E-state index is 0.265. The Kier molecular flexibility index (Phi) is 6.42. The summed E-state index contributed by atoms with van der Waals surface area (Å²) in [6.45, 7) is 0. The van der Waals surface area contributed by atoms with Crippen LogP contribution in [0.5, 0.6) is 0 Å². The first-order valence-electron chi connectivity index (χ1n) is 10.3. The van der Waals surface area contributed by atoms with Crippen LogP contribution in [0.3, 0.4) is 0 Å². The molecule has 0 unspecified atom stereocenters. The van der Waals surface area contributed by atoms with Gasteiger partial charge in [0.2, 0.25) is 12.3 Å². The van der Waals surface area contributed by atoms with E-state index >= 15 is 0 Å². The molecule has 0 saturated carbocycles. The average Bonchev–Trinajstić information content (AvgIpc) is 3.09. The van der Waals surface area contributed by atoms with E-state index in [0.717, 1.165) is 16.8 Å². The molecule has 1 aliphatic rings. The fourth-order valence-corrected chi connectivity index (χ4v) is 3.81. The molecule has 4 rings (SSSR count). The van der Waals surface area contributed by atoms with Gasteiger partial charge in [0.25, 0.3) is 5.91 Å². The van der Waals surface area contributed by atoms with Crippen LogP contribution in [0.1, 0.15) is 27.5 Å². The molecule has 1 saturated heterocycles. The molecule has 6 nitrogen and oxygen atoms in total. The lowest BCUT2D eigenvalue weighted by Crippen LogP contribution is -2.42. The molecular formula is C25H23ClFN4O2+. The maximum absolute atomic E-state index is 13.2. The second-order valence-electron chi connectivity index (χ2n) is 7.95. The van der Waals surface area contributed by atoms with Gasteiger partial charge in [-0.1, -0.05) is 23.7 Å². The fraction of sp³-hybridized carbons (Fsp3) is 0.160. The van der Waals surface area contributed by atoms with Gasteiger partial charge in [0, 0.05) is 41.5 Å². The third kappa shape index (κ3) is 5.04. The largest absolute Gasteiger partial charge is 0.378 e. The second kappa shape index (κ2) is 9.42. The minimum Gasteiger partial charge on any atom is -0.378 e. The van der Waals surface area contributed by atoms with Crippen molar-refractivity contribution in [2.24, 2.45) is 0 Å². The van der Waals surface area contributed by atoms with E-state index in [1.165, 1.54) is 24.3 Å². The van der Waals surface area contributed by atoms with Gasteiger partial charge in [0.15, 0.2) is 6.04 Å². The minimum atomic E-state index is -0.874. The third-order valence-electron chi connectivity index (χ3n) is 5.44. The first kappa shape index (κ1) is 22.5. The molecule has 0 spiro atoms. The van der Waals surface area contributed by atoms with Crippen LogP contribution in [-0.4, -0.2) is 42.9 Å². The Morgan fingerprint density at radius 3 is 2.27 bits per heavy atom. The number of amides is 2. The summed E-state index contributed by atoms with van der Waals surface area (Å²) in [7, 11) is 3.93. The number of hydrogen-bond donors (Lipinski definition) is 2. The maximum Gasteiger partial charge on any atom is 0.304 e. The van der Waals surface area contributed by atoms with Crippen molar-refractivity contribution >= 4 is 35.3 Å². The summed E-state index contributed by atoms with van der Waals surface area (Å²) in [5.41, 5.74) is 5.83. The summed E-state index contributed by atoms with van der Waals surface area (Å²) in [5, 5.41) is 3.36. The predicted octanol–water partition coefficient (Wildman–Crippen LogP) is 3.56. The Morgan fingerprint density at radius 1 is 1.03 bits per heavy atom. The summed E-state index contributed by atoms with van der Waals surface area (Å²) in [6, 6.07) is 18.8. The number of benzene rings is 3. The van der Waals surface area contributed by atoms with Crippen molar-refractivity contribution in [1.82, 2.24) is 10.7 Å². The summed E-state index contributed by atoms with van der Waals surface area (Å²) in [6.07, 6.45) is 1.82. The number of carbonyl (C=O) groups is 2. The van der Waals surface area contributed by atoms with E-state index in [4.69, 9.17) is 11.6 Å². The van der Waals surface area contributed by atoms with Crippen LogP contribution in [-0.2, 0) is 4.79 Å². The molecule has 2 N–H and O–H groups in total. The number of rotatable bonds is 5. The van der Waals surface area contributed by atoms with Crippen molar-refractivity contribution in [3.8, 4) is 0 Å². The Bertz CT molecular complexity index is 1190. The van der Waals surface area contributed by atoms with Gasteiger partial charge in [0.1, 0.15) is 5.82 Å².